The summed E-state index contributed by atoms with van der Waals surface area (Å²) in [6.07, 6.45) is 5.12. The molecule has 0 aromatic heterocycles. The Kier molecular flexibility index (Phi) is 4.46. The van der Waals surface area contributed by atoms with Crippen LogP contribution in [0.15, 0.2) is 30.3 Å². The van der Waals surface area contributed by atoms with Crippen molar-refractivity contribution in [1.82, 2.24) is 0 Å². The van der Waals surface area contributed by atoms with Gasteiger partial charge in [0, 0.05) is 6.42 Å². The van der Waals surface area contributed by atoms with Crippen molar-refractivity contribution in [3.63, 3.8) is 0 Å². The minimum Gasteiger partial charge on any atom is -0.298 e. The van der Waals surface area contributed by atoms with Crippen LogP contribution in [0.3, 0.4) is 0 Å². The average molecular weight is 234 g/mol. The topological polar surface area (TPSA) is 17.1 Å². The van der Waals surface area contributed by atoms with E-state index in [2.05, 4.69) is 24.3 Å². The van der Waals surface area contributed by atoms with Gasteiger partial charge in [0.1, 0.15) is 5.78 Å². The fourth-order valence-corrected chi connectivity index (χ4v) is 3.36. The van der Waals surface area contributed by atoms with Gasteiger partial charge in [-0.2, -0.15) is 11.8 Å². The molecule has 0 radical (unpaired) electrons. The first-order valence-corrected chi connectivity index (χ1v) is 7.09. The third-order valence-corrected chi connectivity index (χ3v) is 4.45. The summed E-state index contributed by atoms with van der Waals surface area (Å²) in [4.78, 5) is 11.8. The first kappa shape index (κ1) is 11.7. The number of carbonyl (C=O) groups is 1. The molecule has 1 unspecified atom stereocenters. The van der Waals surface area contributed by atoms with Crippen molar-refractivity contribution in [1.29, 1.82) is 0 Å². The Bertz CT molecular complexity index is 328. The zero-order valence-corrected chi connectivity index (χ0v) is 10.3. The minimum atomic E-state index is 0.316. The molecule has 86 valence electrons. The Morgan fingerprint density at radius 1 is 1.31 bits per heavy atom. The zero-order chi connectivity index (χ0) is 11.2. The summed E-state index contributed by atoms with van der Waals surface area (Å²) in [6.45, 7) is 0. The van der Waals surface area contributed by atoms with Gasteiger partial charge in [0.15, 0.2) is 0 Å². The Hall–Kier alpha value is -0.760. The van der Waals surface area contributed by atoms with Gasteiger partial charge in [-0.05, 0) is 37.0 Å². The van der Waals surface area contributed by atoms with Gasteiger partial charge >= 0.3 is 0 Å². The van der Waals surface area contributed by atoms with Crippen molar-refractivity contribution in [2.24, 2.45) is 0 Å². The smallest absolute Gasteiger partial charge is 0.145 e. The quantitative estimate of drug-likeness (QED) is 0.776. The molecule has 2 rings (SSSR count). The molecule has 1 nitrogen and oxygen atoms in total. The summed E-state index contributed by atoms with van der Waals surface area (Å²) in [5.41, 5.74) is 1.34. The van der Waals surface area contributed by atoms with Gasteiger partial charge in [-0.15, -0.1) is 0 Å². The molecule has 1 atom stereocenters. The normalized spacial score (nSPS) is 19.9. The van der Waals surface area contributed by atoms with Gasteiger partial charge < -0.3 is 0 Å². The second-order valence-corrected chi connectivity index (χ2v) is 5.62. The van der Waals surface area contributed by atoms with Crippen LogP contribution >= 0.6 is 11.8 Å². The lowest BCUT2D eigenvalue weighted by Crippen LogP contribution is -2.13. The van der Waals surface area contributed by atoms with E-state index in [1.165, 1.54) is 17.7 Å². The minimum absolute atomic E-state index is 0.316. The fourth-order valence-electron chi connectivity index (χ4n) is 2.10. The van der Waals surface area contributed by atoms with Crippen LogP contribution in [-0.2, 0) is 11.2 Å². The van der Waals surface area contributed by atoms with E-state index in [1.807, 2.05) is 17.8 Å². The standard InChI is InChI=1S/C14H18OS/c15-13(14-10-5-11-16-14)9-4-8-12-6-2-1-3-7-12/h1-3,6-7,14H,4-5,8-11H2. The lowest BCUT2D eigenvalue weighted by Gasteiger charge is -2.06. The van der Waals surface area contributed by atoms with Crippen LogP contribution < -0.4 is 0 Å². The molecule has 1 aliphatic rings. The second kappa shape index (κ2) is 6.09. The van der Waals surface area contributed by atoms with E-state index in [-0.39, 0.29) is 0 Å². The SMILES string of the molecule is O=C(CCCc1ccccc1)C1CCCS1. The van der Waals surface area contributed by atoms with E-state index in [4.69, 9.17) is 0 Å². The Morgan fingerprint density at radius 2 is 2.12 bits per heavy atom. The zero-order valence-electron chi connectivity index (χ0n) is 9.52. The lowest BCUT2D eigenvalue weighted by atomic mass is 10.0. The lowest BCUT2D eigenvalue weighted by molar-refractivity contribution is -0.118. The molecule has 0 saturated carbocycles. The van der Waals surface area contributed by atoms with Crippen LogP contribution in [-0.4, -0.2) is 16.8 Å². The summed E-state index contributed by atoms with van der Waals surface area (Å²) in [5.74, 6) is 1.65. The van der Waals surface area contributed by atoms with Crippen molar-refractivity contribution in [2.45, 2.75) is 37.4 Å². The predicted octanol–water partition coefficient (Wildman–Crippen LogP) is 3.47. The van der Waals surface area contributed by atoms with E-state index in [0.717, 1.165) is 25.7 Å². The van der Waals surface area contributed by atoms with Gasteiger partial charge in [-0.3, -0.25) is 4.79 Å². The van der Waals surface area contributed by atoms with E-state index >= 15 is 0 Å². The van der Waals surface area contributed by atoms with Crippen molar-refractivity contribution in [3.8, 4) is 0 Å². The molecule has 0 bridgehead atoms. The first-order valence-electron chi connectivity index (χ1n) is 6.04. The van der Waals surface area contributed by atoms with E-state index < -0.39 is 0 Å². The average Bonchev–Trinajstić information content (AvgIpc) is 2.84. The highest BCUT2D eigenvalue weighted by molar-refractivity contribution is 8.00. The maximum Gasteiger partial charge on any atom is 0.145 e. The largest absolute Gasteiger partial charge is 0.298 e. The van der Waals surface area contributed by atoms with Crippen molar-refractivity contribution in [3.05, 3.63) is 35.9 Å². The molecule has 1 aliphatic heterocycles. The first-order chi connectivity index (χ1) is 7.86. The van der Waals surface area contributed by atoms with Crippen LogP contribution in [0.1, 0.15) is 31.2 Å². The molecule has 1 fully saturated rings. The van der Waals surface area contributed by atoms with Crippen molar-refractivity contribution >= 4 is 17.5 Å². The van der Waals surface area contributed by atoms with Gasteiger partial charge in [0.2, 0.25) is 0 Å². The highest BCUT2D eigenvalue weighted by atomic mass is 32.2. The maximum absolute atomic E-state index is 11.8. The summed E-state index contributed by atoms with van der Waals surface area (Å²) in [6, 6.07) is 10.4. The number of thioether (sulfide) groups is 1. The molecule has 0 aliphatic carbocycles. The number of hydrogen-bond acceptors (Lipinski definition) is 2. The number of ketones is 1. The third-order valence-electron chi connectivity index (χ3n) is 3.02. The number of Topliss-reactive ketones (excluding diaryl/α,β-unsaturated/α-hetero) is 1. The number of rotatable bonds is 5. The highest BCUT2D eigenvalue weighted by Gasteiger charge is 2.22. The molecule has 0 spiro atoms. The second-order valence-electron chi connectivity index (χ2n) is 4.31. The third kappa shape index (κ3) is 3.38. The van der Waals surface area contributed by atoms with Crippen LogP contribution in [0.5, 0.6) is 0 Å². The predicted molar refractivity (Wildman–Crippen MR) is 69.9 cm³/mol. The molecule has 0 amide bonds. The number of benzene rings is 1. The molecule has 0 N–H and O–H groups in total. The Morgan fingerprint density at radius 3 is 2.81 bits per heavy atom. The van der Waals surface area contributed by atoms with Crippen molar-refractivity contribution in [2.75, 3.05) is 5.75 Å². The van der Waals surface area contributed by atoms with Gasteiger partial charge in [-0.1, -0.05) is 30.3 Å². The molecule has 1 heterocycles. The van der Waals surface area contributed by atoms with E-state index in [0.29, 0.717) is 11.0 Å². The molecule has 2 heteroatoms. The van der Waals surface area contributed by atoms with Gasteiger partial charge in [0.05, 0.1) is 5.25 Å². The molecular formula is C14H18OS. The summed E-state index contributed by atoms with van der Waals surface area (Å²) < 4.78 is 0. The van der Waals surface area contributed by atoms with E-state index in [1.54, 1.807) is 0 Å². The van der Waals surface area contributed by atoms with Crippen LogP contribution in [0.25, 0.3) is 0 Å². The van der Waals surface area contributed by atoms with Crippen LogP contribution in [0, 0.1) is 0 Å². The summed E-state index contributed by atoms with van der Waals surface area (Å²) in [7, 11) is 0. The molecule has 1 aromatic rings. The maximum atomic E-state index is 11.8. The number of carbonyl (C=O) groups excluding carboxylic acids is 1. The Balaban J connectivity index is 1.70. The number of aryl methyl sites for hydroxylation is 1. The van der Waals surface area contributed by atoms with Crippen LogP contribution in [0.4, 0.5) is 0 Å². The van der Waals surface area contributed by atoms with Gasteiger partial charge in [-0.25, -0.2) is 0 Å². The van der Waals surface area contributed by atoms with Crippen molar-refractivity contribution < 1.29 is 4.79 Å². The molecule has 16 heavy (non-hydrogen) atoms. The van der Waals surface area contributed by atoms with Crippen LogP contribution in [0.2, 0.25) is 0 Å². The summed E-state index contributed by atoms with van der Waals surface area (Å²) in [5, 5.41) is 0.316. The molecular weight excluding hydrogens is 216 g/mol. The van der Waals surface area contributed by atoms with E-state index in [9.17, 15) is 4.79 Å². The summed E-state index contributed by atoms with van der Waals surface area (Å²) >= 11 is 1.85. The molecule has 1 aromatic carbocycles. The monoisotopic (exact) mass is 234 g/mol. The molecule has 1 saturated heterocycles. The Labute approximate surface area is 102 Å². The number of hydrogen-bond donors (Lipinski definition) is 0. The highest BCUT2D eigenvalue weighted by Crippen LogP contribution is 2.28. The fraction of sp³-hybridized carbons (Fsp3) is 0.500. The van der Waals surface area contributed by atoms with Gasteiger partial charge in [0.25, 0.3) is 0 Å².